The van der Waals surface area contributed by atoms with E-state index in [1.54, 1.807) is 32.0 Å². The minimum Gasteiger partial charge on any atom is -0.507 e. The number of Topliss-reactive ketones (excluding diaryl/α,β-unsaturated/α-hetero) is 1. The van der Waals surface area contributed by atoms with Gasteiger partial charge >= 0.3 is 0 Å². The third-order valence-corrected chi connectivity index (χ3v) is 8.76. The predicted octanol–water partition coefficient (Wildman–Crippen LogP) is 1.89. The fourth-order valence-electron chi connectivity index (χ4n) is 6.78. The first-order valence-electron chi connectivity index (χ1n) is 13.2. The number of aliphatic hydroxyl groups excluding tert-OH is 2. The lowest BCUT2D eigenvalue weighted by atomic mass is 9.66. The van der Waals surface area contributed by atoms with Crippen LogP contribution in [-0.2, 0) is 16.0 Å². The number of aromatic hydroxyl groups is 1. The van der Waals surface area contributed by atoms with Gasteiger partial charge in [0.2, 0.25) is 5.78 Å². The van der Waals surface area contributed by atoms with E-state index in [-0.39, 0.29) is 30.6 Å². The van der Waals surface area contributed by atoms with Crippen molar-refractivity contribution in [2.75, 3.05) is 13.7 Å². The number of aliphatic hydroxyl groups is 3. The lowest BCUT2D eigenvalue weighted by molar-refractivity contribution is -0.144. The molecule has 2 aromatic rings. The van der Waals surface area contributed by atoms with Crippen molar-refractivity contribution in [2.24, 2.45) is 5.73 Å². The van der Waals surface area contributed by atoms with Crippen LogP contribution in [0.1, 0.15) is 75.8 Å². The molecule has 208 valence electrons. The molecule has 0 aromatic heterocycles. The van der Waals surface area contributed by atoms with Crippen LogP contribution < -0.4 is 10.5 Å². The molecular formula is C30H35NO8. The topological polar surface area (TPSA) is 160 Å². The number of fused-ring (bicyclic) bond motifs is 3. The molecule has 6 N–H and O–H groups in total. The van der Waals surface area contributed by atoms with Crippen molar-refractivity contribution in [1.29, 1.82) is 0 Å². The summed E-state index contributed by atoms with van der Waals surface area (Å²) in [5.74, 6) is -1.56. The van der Waals surface area contributed by atoms with Gasteiger partial charge < -0.3 is 35.6 Å². The second kappa shape index (κ2) is 9.83. The molecule has 1 fully saturated rings. The van der Waals surface area contributed by atoms with Crippen LogP contribution in [0.3, 0.4) is 0 Å². The van der Waals surface area contributed by atoms with Gasteiger partial charge in [-0.3, -0.25) is 9.59 Å². The molecule has 2 aromatic carbocycles. The molecular weight excluding hydrogens is 502 g/mol. The van der Waals surface area contributed by atoms with Gasteiger partial charge in [-0.2, -0.15) is 0 Å². The lowest BCUT2D eigenvalue weighted by Gasteiger charge is -2.43. The summed E-state index contributed by atoms with van der Waals surface area (Å²) < 4.78 is 11.5. The van der Waals surface area contributed by atoms with Crippen LogP contribution in [0.2, 0.25) is 0 Å². The average molecular weight is 538 g/mol. The number of rotatable bonds is 5. The van der Waals surface area contributed by atoms with E-state index in [1.807, 2.05) is 0 Å². The number of phenols is 1. The number of nitrogens with two attached hydrogens (primary N) is 1. The van der Waals surface area contributed by atoms with Crippen LogP contribution in [-0.4, -0.2) is 75.7 Å². The quantitative estimate of drug-likeness (QED) is 0.327. The van der Waals surface area contributed by atoms with Crippen molar-refractivity contribution in [3.63, 3.8) is 0 Å². The van der Waals surface area contributed by atoms with E-state index >= 15 is 0 Å². The van der Waals surface area contributed by atoms with E-state index in [4.69, 9.17) is 15.2 Å². The van der Waals surface area contributed by atoms with Crippen LogP contribution in [0.5, 0.6) is 11.5 Å². The Morgan fingerprint density at radius 1 is 1.28 bits per heavy atom. The van der Waals surface area contributed by atoms with Gasteiger partial charge in [0.25, 0.3) is 0 Å². The normalized spacial score (nSPS) is 29.9. The molecule has 0 radical (unpaired) electrons. The summed E-state index contributed by atoms with van der Waals surface area (Å²) in [6.45, 7) is 6.92. The Morgan fingerprint density at radius 3 is 2.64 bits per heavy atom. The minimum absolute atomic E-state index is 0.0771. The molecule has 1 heterocycles. The highest BCUT2D eigenvalue weighted by Crippen LogP contribution is 2.52. The van der Waals surface area contributed by atoms with E-state index in [2.05, 4.69) is 6.58 Å². The van der Waals surface area contributed by atoms with Gasteiger partial charge in [0, 0.05) is 18.0 Å². The van der Waals surface area contributed by atoms with Gasteiger partial charge in [-0.15, -0.1) is 0 Å². The Labute approximate surface area is 226 Å². The van der Waals surface area contributed by atoms with Gasteiger partial charge in [0.15, 0.2) is 5.78 Å². The van der Waals surface area contributed by atoms with Gasteiger partial charge in [-0.25, -0.2) is 0 Å². The number of hydrogen-bond donors (Lipinski definition) is 5. The summed E-state index contributed by atoms with van der Waals surface area (Å²) in [6.07, 6.45) is -1.36. The summed E-state index contributed by atoms with van der Waals surface area (Å²) in [7, 11) is 1.47. The summed E-state index contributed by atoms with van der Waals surface area (Å²) in [5.41, 5.74) is 7.92. The Bertz CT molecular complexity index is 1370. The molecule has 9 nitrogen and oxygen atoms in total. The maximum atomic E-state index is 13.9. The second-order valence-electron chi connectivity index (χ2n) is 11.1. The standard InChI is InChI=1S/C30H35NO8/c1-13-18-6-5-7-21(38-4)25(18)29(36)26-23(13)14(2)19-11-30(37,22(33)12-32)10-16(24(19)28(26)35)8-17-9-20(31)27(34)15(3)39-17/h5-7,15-17,20,27,32,34-35,37H,1,8-12,31H2,2-4H3/t15?,16-,17?,20?,27?,30+/m0/s1. The fourth-order valence-corrected chi connectivity index (χ4v) is 6.78. The molecule has 0 bridgehead atoms. The Morgan fingerprint density at radius 2 is 2.00 bits per heavy atom. The van der Waals surface area contributed by atoms with Crippen LogP contribution in [0.15, 0.2) is 24.8 Å². The Hall–Kier alpha value is -3.08. The van der Waals surface area contributed by atoms with Crippen molar-refractivity contribution in [1.82, 2.24) is 0 Å². The Balaban J connectivity index is 1.69. The van der Waals surface area contributed by atoms with E-state index < -0.39 is 54.0 Å². The average Bonchev–Trinajstić information content (AvgIpc) is 2.90. The first-order chi connectivity index (χ1) is 18.4. The lowest BCUT2D eigenvalue weighted by Crippen LogP contribution is -2.52. The van der Waals surface area contributed by atoms with Crippen molar-refractivity contribution in [3.8, 4) is 11.5 Å². The summed E-state index contributed by atoms with van der Waals surface area (Å²) in [5, 5.41) is 43.2. The van der Waals surface area contributed by atoms with Gasteiger partial charge in [-0.1, -0.05) is 18.7 Å². The first-order valence-corrected chi connectivity index (χ1v) is 13.2. The minimum atomic E-state index is -1.87. The van der Waals surface area contributed by atoms with Gasteiger partial charge in [0.05, 0.1) is 36.5 Å². The summed E-state index contributed by atoms with van der Waals surface area (Å²) in [6, 6.07) is 4.69. The van der Waals surface area contributed by atoms with Gasteiger partial charge in [0.1, 0.15) is 23.7 Å². The van der Waals surface area contributed by atoms with E-state index in [1.165, 1.54) is 7.11 Å². The maximum Gasteiger partial charge on any atom is 0.201 e. The number of hydrogen-bond acceptors (Lipinski definition) is 9. The monoisotopic (exact) mass is 537 g/mol. The SMILES string of the molecule is C=C1c2cccc(OC)c2C(=O)c2c(O)c3c(c(C)c21)C[C@@](O)(C(=O)CO)C[C@@H]3CC1CC(N)C(O)C(C)O1. The molecule has 4 unspecified atom stereocenters. The largest absolute Gasteiger partial charge is 0.507 e. The molecule has 39 heavy (non-hydrogen) atoms. The number of carbonyl (C=O) groups excluding carboxylic acids is 2. The molecule has 9 heteroatoms. The van der Waals surface area contributed by atoms with Gasteiger partial charge in [-0.05, 0) is 72.9 Å². The molecule has 3 aliphatic rings. The maximum absolute atomic E-state index is 13.9. The highest BCUT2D eigenvalue weighted by atomic mass is 16.5. The number of carbonyl (C=O) groups is 2. The zero-order valence-electron chi connectivity index (χ0n) is 22.4. The van der Waals surface area contributed by atoms with Crippen LogP contribution in [0.4, 0.5) is 0 Å². The molecule has 2 aliphatic carbocycles. The molecule has 6 atom stereocenters. The summed E-state index contributed by atoms with van der Waals surface area (Å²) >= 11 is 0. The predicted molar refractivity (Wildman–Crippen MR) is 143 cm³/mol. The van der Waals surface area contributed by atoms with Crippen molar-refractivity contribution in [3.05, 3.63) is 63.7 Å². The smallest absolute Gasteiger partial charge is 0.201 e. The third-order valence-electron chi connectivity index (χ3n) is 8.76. The highest BCUT2D eigenvalue weighted by Gasteiger charge is 2.48. The van der Waals surface area contributed by atoms with E-state index in [0.29, 0.717) is 51.1 Å². The van der Waals surface area contributed by atoms with Crippen LogP contribution >= 0.6 is 0 Å². The van der Waals surface area contributed by atoms with Crippen molar-refractivity contribution >= 4 is 17.1 Å². The highest BCUT2D eigenvalue weighted by molar-refractivity contribution is 6.22. The van der Waals surface area contributed by atoms with Crippen molar-refractivity contribution < 1.29 is 39.5 Å². The molecule has 0 saturated carbocycles. The number of phenolic OH excluding ortho intramolecular Hbond substituents is 1. The number of ether oxygens (including phenoxy) is 2. The van der Waals surface area contributed by atoms with Crippen LogP contribution in [0, 0.1) is 6.92 Å². The third kappa shape index (κ3) is 4.20. The fraction of sp³-hybridized carbons (Fsp3) is 0.467. The van der Waals surface area contributed by atoms with E-state index in [9.17, 15) is 30.0 Å². The molecule has 0 amide bonds. The molecule has 5 rings (SSSR count). The van der Waals surface area contributed by atoms with Crippen molar-refractivity contribution in [2.45, 2.75) is 75.4 Å². The number of methoxy groups -OCH3 is 1. The van der Waals surface area contributed by atoms with Crippen LogP contribution in [0.25, 0.3) is 5.57 Å². The molecule has 1 saturated heterocycles. The number of ketones is 2. The Kier molecular flexibility index (Phi) is 6.93. The second-order valence-corrected chi connectivity index (χ2v) is 11.1. The zero-order valence-corrected chi connectivity index (χ0v) is 22.4. The molecule has 1 aliphatic heterocycles. The summed E-state index contributed by atoms with van der Waals surface area (Å²) in [4.78, 5) is 26.7. The van der Waals surface area contributed by atoms with E-state index in [0.717, 1.165) is 0 Å². The molecule has 0 spiro atoms. The number of benzene rings is 2. The first kappa shape index (κ1) is 27.5. The zero-order chi connectivity index (χ0) is 28.4.